The molecule has 21 heavy (non-hydrogen) atoms. The van der Waals surface area contributed by atoms with Crippen molar-refractivity contribution < 1.29 is 13.2 Å². The van der Waals surface area contributed by atoms with Crippen LogP contribution in [0.25, 0.3) is 0 Å². The number of benzene rings is 1. The van der Waals surface area contributed by atoms with Crippen molar-refractivity contribution in [2.24, 2.45) is 0 Å². The van der Waals surface area contributed by atoms with Crippen molar-refractivity contribution in [3.05, 3.63) is 29.8 Å². The second kappa shape index (κ2) is 7.35. The zero-order valence-corrected chi connectivity index (χ0v) is 13.4. The van der Waals surface area contributed by atoms with Crippen molar-refractivity contribution >= 4 is 10.0 Å². The minimum atomic E-state index is -3.52. The SMILES string of the molecule is CCNCc1ccccc1S(=O)(=O)NC1CCCC1OC. The highest BCUT2D eigenvalue weighted by molar-refractivity contribution is 7.89. The van der Waals surface area contributed by atoms with Gasteiger partial charge in [-0.2, -0.15) is 0 Å². The highest BCUT2D eigenvalue weighted by Gasteiger charge is 2.31. The first-order valence-electron chi connectivity index (χ1n) is 7.42. The van der Waals surface area contributed by atoms with Gasteiger partial charge in [-0.15, -0.1) is 0 Å². The first-order valence-corrected chi connectivity index (χ1v) is 8.90. The van der Waals surface area contributed by atoms with Gasteiger partial charge in [0.1, 0.15) is 0 Å². The lowest BCUT2D eigenvalue weighted by atomic mass is 10.2. The second-order valence-corrected chi connectivity index (χ2v) is 7.00. The molecule has 0 heterocycles. The summed E-state index contributed by atoms with van der Waals surface area (Å²) in [5.74, 6) is 0. The molecule has 0 aliphatic heterocycles. The largest absolute Gasteiger partial charge is 0.380 e. The third kappa shape index (κ3) is 4.03. The topological polar surface area (TPSA) is 67.4 Å². The van der Waals surface area contributed by atoms with E-state index in [1.165, 1.54) is 0 Å². The van der Waals surface area contributed by atoms with E-state index in [4.69, 9.17) is 4.74 Å². The normalized spacial score (nSPS) is 22.6. The van der Waals surface area contributed by atoms with Gasteiger partial charge in [0.25, 0.3) is 0 Å². The van der Waals surface area contributed by atoms with E-state index in [9.17, 15) is 8.42 Å². The summed E-state index contributed by atoms with van der Waals surface area (Å²) in [6.45, 7) is 3.35. The number of hydrogen-bond acceptors (Lipinski definition) is 4. The molecule has 0 radical (unpaired) electrons. The van der Waals surface area contributed by atoms with Crippen molar-refractivity contribution in [2.75, 3.05) is 13.7 Å². The van der Waals surface area contributed by atoms with Gasteiger partial charge in [0.05, 0.1) is 11.0 Å². The van der Waals surface area contributed by atoms with Crippen LogP contribution in [0.1, 0.15) is 31.7 Å². The van der Waals surface area contributed by atoms with E-state index in [0.29, 0.717) is 11.4 Å². The van der Waals surface area contributed by atoms with Gasteiger partial charge in [0.15, 0.2) is 0 Å². The van der Waals surface area contributed by atoms with Crippen LogP contribution in [-0.4, -0.2) is 34.2 Å². The lowest BCUT2D eigenvalue weighted by Gasteiger charge is -2.20. The minimum Gasteiger partial charge on any atom is -0.380 e. The molecule has 118 valence electrons. The lowest BCUT2D eigenvalue weighted by molar-refractivity contribution is 0.0916. The van der Waals surface area contributed by atoms with Crippen LogP contribution >= 0.6 is 0 Å². The summed E-state index contributed by atoms with van der Waals surface area (Å²) in [5.41, 5.74) is 0.791. The van der Waals surface area contributed by atoms with Crippen LogP contribution in [0.4, 0.5) is 0 Å². The van der Waals surface area contributed by atoms with Crippen LogP contribution in [0.15, 0.2) is 29.2 Å². The number of rotatable bonds is 7. The van der Waals surface area contributed by atoms with Crippen molar-refractivity contribution in [2.45, 2.75) is 49.8 Å². The first-order chi connectivity index (χ1) is 10.1. The van der Waals surface area contributed by atoms with Crippen LogP contribution in [0.2, 0.25) is 0 Å². The second-order valence-electron chi connectivity index (χ2n) is 5.32. The van der Waals surface area contributed by atoms with E-state index < -0.39 is 10.0 Å². The van der Waals surface area contributed by atoms with E-state index in [-0.39, 0.29) is 12.1 Å². The third-order valence-corrected chi connectivity index (χ3v) is 5.48. The maximum atomic E-state index is 12.6. The Bertz CT molecular complexity index is 560. The third-order valence-electron chi connectivity index (χ3n) is 3.89. The zero-order valence-electron chi connectivity index (χ0n) is 12.6. The molecular formula is C15H24N2O3S. The molecule has 0 aromatic heterocycles. The smallest absolute Gasteiger partial charge is 0.241 e. The molecule has 1 fully saturated rings. The van der Waals surface area contributed by atoms with E-state index in [1.807, 2.05) is 19.1 Å². The number of nitrogens with one attached hydrogen (secondary N) is 2. The van der Waals surface area contributed by atoms with Gasteiger partial charge in [0.2, 0.25) is 10.0 Å². The number of hydrogen-bond donors (Lipinski definition) is 2. The zero-order chi connectivity index (χ0) is 15.3. The molecule has 1 aliphatic rings. The molecule has 2 rings (SSSR count). The highest BCUT2D eigenvalue weighted by atomic mass is 32.2. The molecule has 2 N–H and O–H groups in total. The van der Waals surface area contributed by atoms with Gasteiger partial charge in [-0.25, -0.2) is 13.1 Å². The van der Waals surface area contributed by atoms with Crippen LogP contribution in [-0.2, 0) is 21.3 Å². The Labute approximate surface area is 127 Å². The minimum absolute atomic E-state index is 0.0271. The van der Waals surface area contributed by atoms with Crippen LogP contribution < -0.4 is 10.0 Å². The fourth-order valence-electron chi connectivity index (χ4n) is 2.78. The Morgan fingerprint density at radius 3 is 2.76 bits per heavy atom. The number of ether oxygens (including phenoxy) is 1. The molecule has 0 amide bonds. The number of methoxy groups -OCH3 is 1. The summed E-state index contributed by atoms with van der Waals surface area (Å²) < 4.78 is 33.4. The maximum absolute atomic E-state index is 12.6. The van der Waals surface area contributed by atoms with E-state index in [2.05, 4.69) is 10.0 Å². The Morgan fingerprint density at radius 1 is 1.29 bits per heavy atom. The van der Waals surface area contributed by atoms with Gasteiger partial charge >= 0.3 is 0 Å². The molecule has 1 aliphatic carbocycles. The van der Waals surface area contributed by atoms with Gasteiger partial charge in [-0.1, -0.05) is 25.1 Å². The summed E-state index contributed by atoms with van der Waals surface area (Å²) in [6.07, 6.45) is 2.70. The Morgan fingerprint density at radius 2 is 2.05 bits per heavy atom. The van der Waals surface area contributed by atoms with Crippen molar-refractivity contribution in [1.82, 2.24) is 10.0 Å². The van der Waals surface area contributed by atoms with Crippen molar-refractivity contribution in [1.29, 1.82) is 0 Å². The Balaban J connectivity index is 2.19. The fraction of sp³-hybridized carbons (Fsp3) is 0.600. The first kappa shape index (κ1) is 16.4. The van der Waals surface area contributed by atoms with Gasteiger partial charge in [-0.3, -0.25) is 0 Å². The molecule has 0 bridgehead atoms. The van der Waals surface area contributed by atoms with Crippen molar-refractivity contribution in [3.63, 3.8) is 0 Å². The van der Waals surface area contributed by atoms with E-state index >= 15 is 0 Å². The fourth-order valence-corrected chi connectivity index (χ4v) is 4.32. The molecule has 0 saturated heterocycles. The van der Waals surface area contributed by atoms with Crippen LogP contribution in [0, 0.1) is 0 Å². The molecule has 6 heteroatoms. The molecular weight excluding hydrogens is 288 g/mol. The van der Waals surface area contributed by atoms with Crippen LogP contribution in [0.5, 0.6) is 0 Å². The van der Waals surface area contributed by atoms with E-state index in [0.717, 1.165) is 31.4 Å². The quantitative estimate of drug-likeness (QED) is 0.803. The monoisotopic (exact) mass is 312 g/mol. The summed E-state index contributed by atoms with van der Waals surface area (Å²) in [7, 11) is -1.88. The lowest BCUT2D eigenvalue weighted by Crippen LogP contribution is -2.41. The average molecular weight is 312 g/mol. The predicted octanol–water partition coefficient (Wildman–Crippen LogP) is 1.64. The van der Waals surface area contributed by atoms with Crippen molar-refractivity contribution in [3.8, 4) is 0 Å². The molecule has 1 aromatic carbocycles. The summed E-state index contributed by atoms with van der Waals surface area (Å²) >= 11 is 0. The van der Waals surface area contributed by atoms with Crippen LogP contribution in [0.3, 0.4) is 0 Å². The van der Waals surface area contributed by atoms with Gasteiger partial charge < -0.3 is 10.1 Å². The van der Waals surface area contributed by atoms with Gasteiger partial charge in [-0.05, 0) is 37.4 Å². The molecule has 1 saturated carbocycles. The maximum Gasteiger partial charge on any atom is 0.241 e. The molecule has 2 unspecified atom stereocenters. The van der Waals surface area contributed by atoms with E-state index in [1.54, 1.807) is 19.2 Å². The molecule has 1 aromatic rings. The average Bonchev–Trinajstić information content (AvgIpc) is 2.91. The predicted molar refractivity (Wildman–Crippen MR) is 82.6 cm³/mol. The Hall–Kier alpha value is -0.950. The summed E-state index contributed by atoms with van der Waals surface area (Å²) in [4.78, 5) is 0.354. The molecule has 5 nitrogen and oxygen atoms in total. The summed E-state index contributed by atoms with van der Waals surface area (Å²) in [6, 6.07) is 6.99. The number of sulfonamides is 1. The van der Waals surface area contributed by atoms with Gasteiger partial charge in [0, 0.05) is 19.7 Å². The Kier molecular flexibility index (Phi) is 5.75. The molecule has 0 spiro atoms. The molecule has 2 atom stereocenters. The highest BCUT2D eigenvalue weighted by Crippen LogP contribution is 2.24. The standard InChI is InChI=1S/C15H24N2O3S/c1-3-16-11-12-7-4-5-10-15(12)21(18,19)17-13-8-6-9-14(13)20-2/h4-5,7,10,13-14,16-17H,3,6,8-9,11H2,1-2H3. The summed E-state index contributed by atoms with van der Waals surface area (Å²) in [5, 5.41) is 3.17.